The molecule has 0 atom stereocenters. The van der Waals surface area contributed by atoms with E-state index in [2.05, 4.69) is 12.2 Å². The molecule has 0 saturated carbocycles. The van der Waals surface area contributed by atoms with Gasteiger partial charge in [-0.3, -0.25) is 0 Å². The lowest BCUT2D eigenvalue weighted by Crippen LogP contribution is -2.25. The van der Waals surface area contributed by atoms with Crippen LogP contribution in [-0.4, -0.2) is 52.3 Å². The molecule has 0 aromatic heterocycles. The minimum Gasteiger partial charge on any atom is -0.450 e. The Bertz CT molecular complexity index is 455. The average Bonchev–Trinajstić information content (AvgIpc) is 2.69. The lowest BCUT2D eigenvalue weighted by molar-refractivity contribution is 0.0100. The first-order valence-electron chi connectivity index (χ1n) is 10.0. The zero-order valence-electron chi connectivity index (χ0n) is 16.6. The normalized spacial score (nSPS) is 10.7. The number of hydrogen-bond donors (Lipinski definition) is 1. The van der Waals surface area contributed by atoms with Crippen LogP contribution in [0.2, 0.25) is 0 Å². The van der Waals surface area contributed by atoms with Crippen LogP contribution in [0.3, 0.4) is 0 Å². The van der Waals surface area contributed by atoms with Crippen LogP contribution in [0.25, 0.3) is 0 Å². The molecule has 1 aromatic rings. The Hall–Kier alpha value is -1.63. The number of carbonyl (C=O) groups excluding carboxylic acids is 1. The van der Waals surface area contributed by atoms with Crippen LogP contribution in [0.15, 0.2) is 30.3 Å². The molecule has 1 rings (SSSR count). The highest BCUT2D eigenvalue weighted by Crippen LogP contribution is 2.00. The molecule has 6 nitrogen and oxygen atoms in total. The van der Waals surface area contributed by atoms with Crippen molar-refractivity contribution in [1.82, 2.24) is 5.32 Å². The summed E-state index contributed by atoms with van der Waals surface area (Å²) in [6, 6.07) is 10.1. The zero-order valence-corrected chi connectivity index (χ0v) is 16.6. The summed E-state index contributed by atoms with van der Waals surface area (Å²) in [5, 5.41) is 2.75. The monoisotopic (exact) mass is 381 g/mol. The van der Waals surface area contributed by atoms with Gasteiger partial charge >= 0.3 is 6.09 Å². The molecule has 0 spiro atoms. The highest BCUT2D eigenvalue weighted by molar-refractivity contribution is 5.66. The second kappa shape index (κ2) is 17.8. The number of amides is 1. The van der Waals surface area contributed by atoms with Gasteiger partial charge in [0.05, 0.1) is 39.6 Å². The maximum Gasteiger partial charge on any atom is 0.407 e. The van der Waals surface area contributed by atoms with Gasteiger partial charge in [-0.05, 0) is 31.2 Å². The molecule has 0 unspecified atom stereocenters. The van der Waals surface area contributed by atoms with Gasteiger partial charge in [-0.15, -0.1) is 0 Å². The van der Waals surface area contributed by atoms with E-state index in [9.17, 15) is 4.79 Å². The third-order valence-corrected chi connectivity index (χ3v) is 3.82. The van der Waals surface area contributed by atoms with Crippen molar-refractivity contribution < 1.29 is 23.7 Å². The van der Waals surface area contributed by atoms with Crippen molar-refractivity contribution in [2.45, 2.75) is 45.6 Å². The van der Waals surface area contributed by atoms with Crippen LogP contribution in [0.1, 0.15) is 44.6 Å². The first kappa shape index (κ1) is 23.4. The van der Waals surface area contributed by atoms with Crippen molar-refractivity contribution in [3.63, 3.8) is 0 Å². The number of hydrogen-bond acceptors (Lipinski definition) is 5. The predicted molar refractivity (Wildman–Crippen MR) is 106 cm³/mol. The summed E-state index contributed by atoms with van der Waals surface area (Å²) in [6.45, 7) is 6.89. The summed E-state index contributed by atoms with van der Waals surface area (Å²) < 4.78 is 21.6. The van der Waals surface area contributed by atoms with Gasteiger partial charge in [-0.2, -0.15) is 0 Å². The van der Waals surface area contributed by atoms with E-state index in [0.717, 1.165) is 38.7 Å². The Morgan fingerprint density at radius 1 is 0.815 bits per heavy atom. The van der Waals surface area contributed by atoms with E-state index < -0.39 is 0 Å². The molecule has 0 radical (unpaired) electrons. The van der Waals surface area contributed by atoms with E-state index in [1.807, 2.05) is 30.3 Å². The largest absolute Gasteiger partial charge is 0.450 e. The zero-order chi connectivity index (χ0) is 19.4. The maximum absolute atomic E-state index is 11.3. The number of nitrogens with one attached hydrogen (secondary N) is 1. The fourth-order valence-corrected chi connectivity index (χ4v) is 2.26. The van der Waals surface area contributed by atoms with Gasteiger partial charge in [-0.25, -0.2) is 4.79 Å². The van der Waals surface area contributed by atoms with Gasteiger partial charge in [0, 0.05) is 13.2 Å². The molecular weight excluding hydrogens is 346 g/mol. The Morgan fingerprint density at radius 3 is 2.26 bits per heavy atom. The quantitative estimate of drug-likeness (QED) is 0.414. The minimum atomic E-state index is -0.315. The second-order valence-corrected chi connectivity index (χ2v) is 6.24. The van der Waals surface area contributed by atoms with Crippen molar-refractivity contribution in [3.8, 4) is 0 Å². The SMILES string of the molecule is CCCCOC(=O)NCCCCCOCCOCCOCc1ccccc1. The molecule has 0 aliphatic heterocycles. The number of carbonyl (C=O) groups is 1. The lowest BCUT2D eigenvalue weighted by atomic mass is 10.2. The average molecular weight is 382 g/mol. The van der Waals surface area contributed by atoms with Gasteiger partial charge in [0.15, 0.2) is 0 Å². The molecule has 6 heteroatoms. The molecule has 0 fully saturated rings. The smallest absolute Gasteiger partial charge is 0.407 e. The number of unbranched alkanes of at least 4 members (excludes halogenated alkanes) is 3. The van der Waals surface area contributed by atoms with Gasteiger partial charge < -0.3 is 24.3 Å². The highest BCUT2D eigenvalue weighted by Gasteiger charge is 2.00. The van der Waals surface area contributed by atoms with Crippen LogP contribution in [0.4, 0.5) is 4.79 Å². The van der Waals surface area contributed by atoms with Crippen LogP contribution in [0, 0.1) is 0 Å². The third kappa shape index (κ3) is 15.2. The van der Waals surface area contributed by atoms with Gasteiger partial charge in [0.1, 0.15) is 0 Å². The van der Waals surface area contributed by atoms with Gasteiger partial charge in [0.25, 0.3) is 0 Å². The first-order valence-corrected chi connectivity index (χ1v) is 10.0. The second-order valence-electron chi connectivity index (χ2n) is 6.24. The predicted octanol–water partition coefficient (Wildman–Crippen LogP) is 3.93. The third-order valence-electron chi connectivity index (χ3n) is 3.82. The summed E-state index contributed by atoms with van der Waals surface area (Å²) in [7, 11) is 0. The Balaban J connectivity index is 1.73. The number of rotatable bonds is 17. The van der Waals surface area contributed by atoms with E-state index in [4.69, 9.17) is 18.9 Å². The number of benzene rings is 1. The van der Waals surface area contributed by atoms with Crippen molar-refractivity contribution >= 4 is 6.09 Å². The number of alkyl carbamates (subject to hydrolysis) is 1. The van der Waals surface area contributed by atoms with Gasteiger partial charge in [-0.1, -0.05) is 43.7 Å². The first-order chi connectivity index (χ1) is 13.3. The van der Waals surface area contributed by atoms with E-state index in [1.165, 1.54) is 5.56 Å². The van der Waals surface area contributed by atoms with Crippen molar-refractivity contribution in [2.75, 3.05) is 46.2 Å². The van der Waals surface area contributed by atoms with Crippen LogP contribution in [0.5, 0.6) is 0 Å². The molecule has 1 aromatic carbocycles. The molecule has 27 heavy (non-hydrogen) atoms. The Labute approximate surface area is 163 Å². The van der Waals surface area contributed by atoms with E-state index in [1.54, 1.807) is 0 Å². The molecule has 0 heterocycles. The van der Waals surface area contributed by atoms with E-state index in [0.29, 0.717) is 46.2 Å². The highest BCUT2D eigenvalue weighted by atomic mass is 16.5. The molecule has 0 aliphatic rings. The van der Waals surface area contributed by atoms with Crippen molar-refractivity contribution in [2.24, 2.45) is 0 Å². The van der Waals surface area contributed by atoms with Crippen molar-refractivity contribution in [3.05, 3.63) is 35.9 Å². The minimum absolute atomic E-state index is 0.315. The standard InChI is InChI=1S/C21H35NO5/c1-2-3-14-27-21(23)22-12-8-5-9-13-24-15-16-25-17-18-26-19-20-10-6-4-7-11-20/h4,6-7,10-11H,2-3,5,8-9,12-19H2,1H3,(H,22,23). The summed E-state index contributed by atoms with van der Waals surface area (Å²) >= 11 is 0. The molecule has 0 aliphatic carbocycles. The van der Waals surface area contributed by atoms with Crippen LogP contribution >= 0.6 is 0 Å². The summed E-state index contributed by atoms with van der Waals surface area (Å²) in [5.41, 5.74) is 1.17. The van der Waals surface area contributed by atoms with Crippen LogP contribution < -0.4 is 5.32 Å². The fourth-order valence-electron chi connectivity index (χ4n) is 2.26. The van der Waals surface area contributed by atoms with Crippen molar-refractivity contribution in [1.29, 1.82) is 0 Å². The van der Waals surface area contributed by atoms with E-state index >= 15 is 0 Å². The summed E-state index contributed by atoms with van der Waals surface area (Å²) in [5.74, 6) is 0. The topological polar surface area (TPSA) is 66.0 Å². The Kier molecular flexibility index (Phi) is 15.4. The molecule has 154 valence electrons. The lowest BCUT2D eigenvalue weighted by Gasteiger charge is -2.08. The molecule has 0 saturated heterocycles. The molecular formula is C21H35NO5. The fraction of sp³-hybridized carbons (Fsp3) is 0.667. The van der Waals surface area contributed by atoms with E-state index in [-0.39, 0.29) is 6.09 Å². The maximum atomic E-state index is 11.3. The molecule has 1 N–H and O–H groups in total. The molecule has 1 amide bonds. The molecule has 0 bridgehead atoms. The van der Waals surface area contributed by atoms with Gasteiger partial charge in [0.2, 0.25) is 0 Å². The summed E-state index contributed by atoms with van der Waals surface area (Å²) in [6.07, 6.45) is 4.55. The van der Waals surface area contributed by atoms with Crippen LogP contribution in [-0.2, 0) is 25.6 Å². The summed E-state index contributed by atoms with van der Waals surface area (Å²) in [4.78, 5) is 11.3. The Morgan fingerprint density at radius 2 is 1.52 bits per heavy atom. The number of ether oxygens (including phenoxy) is 4.